The van der Waals surface area contributed by atoms with E-state index in [2.05, 4.69) is 13.8 Å². The van der Waals surface area contributed by atoms with Gasteiger partial charge in [-0.15, -0.1) is 0 Å². The molecular weight excluding hydrogens is 270 g/mol. The summed E-state index contributed by atoms with van der Waals surface area (Å²) in [6.45, 7) is 4.41. The fourth-order valence-corrected chi connectivity index (χ4v) is 2.13. The Morgan fingerprint density at radius 2 is 1.86 bits per heavy atom. The molecule has 0 atom stereocenters. The van der Waals surface area contributed by atoms with E-state index in [1.54, 1.807) is 6.07 Å². The number of halogens is 1. The third-order valence-electron chi connectivity index (χ3n) is 3.27. The number of ether oxygens (including phenoxy) is 1. The van der Waals surface area contributed by atoms with Crippen molar-refractivity contribution in [2.75, 3.05) is 0 Å². The number of hydrogen-bond donors (Lipinski definition) is 2. The predicted octanol–water partition coefficient (Wildman–Crippen LogP) is 2.21. The zero-order valence-corrected chi connectivity index (χ0v) is 12.1. The maximum atomic E-state index is 13.4. The van der Waals surface area contributed by atoms with Crippen LogP contribution in [0.15, 0.2) is 42.5 Å². The average Bonchev–Trinajstić information content (AvgIpc) is 2.46. The van der Waals surface area contributed by atoms with E-state index in [1.807, 2.05) is 24.3 Å². The molecule has 110 valence electrons. The minimum absolute atomic E-state index is 0.145. The van der Waals surface area contributed by atoms with Crippen molar-refractivity contribution in [1.82, 2.24) is 0 Å². The second kappa shape index (κ2) is 6.74. The van der Waals surface area contributed by atoms with Gasteiger partial charge in [0.25, 0.3) is 0 Å². The van der Waals surface area contributed by atoms with Gasteiger partial charge in [-0.2, -0.15) is 0 Å². The van der Waals surface area contributed by atoms with Crippen molar-refractivity contribution >= 4 is 12.6 Å². The van der Waals surface area contributed by atoms with Crippen molar-refractivity contribution in [2.45, 2.75) is 26.4 Å². The first-order valence-corrected chi connectivity index (χ1v) is 6.85. The van der Waals surface area contributed by atoms with E-state index in [1.165, 1.54) is 12.1 Å². The van der Waals surface area contributed by atoms with Crippen LogP contribution in [0.4, 0.5) is 4.39 Å². The summed E-state index contributed by atoms with van der Waals surface area (Å²) < 4.78 is 19.2. The Bertz CT molecular complexity index is 614. The molecule has 0 saturated heterocycles. The van der Waals surface area contributed by atoms with Crippen LogP contribution in [0.25, 0.3) is 0 Å². The minimum atomic E-state index is -1.83. The van der Waals surface area contributed by atoms with Gasteiger partial charge in [-0.05, 0) is 29.2 Å². The van der Waals surface area contributed by atoms with E-state index in [4.69, 9.17) is 14.8 Å². The van der Waals surface area contributed by atoms with Gasteiger partial charge < -0.3 is 14.8 Å². The van der Waals surface area contributed by atoms with Crippen molar-refractivity contribution in [3.63, 3.8) is 0 Å². The van der Waals surface area contributed by atoms with Gasteiger partial charge in [0.05, 0.1) is 0 Å². The van der Waals surface area contributed by atoms with E-state index in [0.717, 1.165) is 11.3 Å². The quantitative estimate of drug-likeness (QED) is 0.829. The highest BCUT2D eigenvalue weighted by Gasteiger charge is 2.17. The fourth-order valence-electron chi connectivity index (χ4n) is 2.13. The van der Waals surface area contributed by atoms with Gasteiger partial charge in [-0.1, -0.05) is 44.2 Å². The topological polar surface area (TPSA) is 49.7 Å². The summed E-state index contributed by atoms with van der Waals surface area (Å²) in [5.74, 6) is 0.475. The molecule has 0 spiro atoms. The Morgan fingerprint density at radius 3 is 2.52 bits per heavy atom. The Kier molecular flexibility index (Phi) is 4.99. The highest BCUT2D eigenvalue weighted by atomic mass is 19.1. The van der Waals surface area contributed by atoms with Gasteiger partial charge in [0.2, 0.25) is 0 Å². The maximum Gasteiger partial charge on any atom is 0.491 e. The average molecular weight is 288 g/mol. The molecule has 0 radical (unpaired) electrons. The van der Waals surface area contributed by atoms with Crippen LogP contribution in [-0.4, -0.2) is 17.2 Å². The Balaban J connectivity index is 2.15. The molecule has 0 unspecified atom stereocenters. The summed E-state index contributed by atoms with van der Waals surface area (Å²) in [5.41, 5.74) is 1.63. The first-order chi connectivity index (χ1) is 9.99. The number of para-hydroxylation sites is 1. The molecule has 2 rings (SSSR count). The van der Waals surface area contributed by atoms with Gasteiger partial charge in [-0.25, -0.2) is 4.39 Å². The van der Waals surface area contributed by atoms with E-state index >= 15 is 0 Å². The standard InChI is InChI=1S/C16H18BFO3/c1-11(2)13-5-3-4-6-16(13)21-10-12-7-8-15(18)14(9-12)17(19)20/h3-9,11,19-20H,10H2,1-2H3. The summed E-state index contributed by atoms with van der Waals surface area (Å²) >= 11 is 0. The first-order valence-electron chi connectivity index (χ1n) is 6.85. The van der Waals surface area contributed by atoms with Gasteiger partial charge in [0.1, 0.15) is 18.2 Å². The molecule has 0 amide bonds. The molecular formula is C16H18BFO3. The molecule has 21 heavy (non-hydrogen) atoms. The number of benzene rings is 2. The Morgan fingerprint density at radius 1 is 1.14 bits per heavy atom. The van der Waals surface area contributed by atoms with Crippen LogP contribution < -0.4 is 10.2 Å². The molecule has 0 fully saturated rings. The Hall–Kier alpha value is -1.85. The lowest BCUT2D eigenvalue weighted by molar-refractivity contribution is 0.301. The summed E-state index contributed by atoms with van der Waals surface area (Å²) in [6, 6.07) is 11.9. The highest BCUT2D eigenvalue weighted by molar-refractivity contribution is 6.58. The molecule has 0 bridgehead atoms. The molecule has 5 heteroatoms. The van der Waals surface area contributed by atoms with Crippen molar-refractivity contribution in [3.05, 3.63) is 59.4 Å². The molecule has 3 nitrogen and oxygen atoms in total. The van der Waals surface area contributed by atoms with Gasteiger partial charge in [-0.3, -0.25) is 0 Å². The van der Waals surface area contributed by atoms with Crippen LogP contribution in [0.5, 0.6) is 5.75 Å². The van der Waals surface area contributed by atoms with E-state index in [0.29, 0.717) is 11.5 Å². The molecule has 2 aromatic rings. The third-order valence-corrected chi connectivity index (χ3v) is 3.27. The predicted molar refractivity (Wildman–Crippen MR) is 81.1 cm³/mol. The van der Waals surface area contributed by atoms with E-state index < -0.39 is 12.9 Å². The van der Waals surface area contributed by atoms with Crippen LogP contribution in [0.2, 0.25) is 0 Å². The second-order valence-corrected chi connectivity index (χ2v) is 5.21. The van der Waals surface area contributed by atoms with E-state index in [-0.39, 0.29) is 12.1 Å². The summed E-state index contributed by atoms with van der Waals surface area (Å²) in [7, 11) is -1.83. The minimum Gasteiger partial charge on any atom is -0.489 e. The largest absolute Gasteiger partial charge is 0.491 e. The number of hydrogen-bond acceptors (Lipinski definition) is 3. The zero-order chi connectivity index (χ0) is 15.4. The summed E-state index contributed by atoms with van der Waals surface area (Å²) in [4.78, 5) is 0. The monoisotopic (exact) mass is 288 g/mol. The van der Waals surface area contributed by atoms with Gasteiger partial charge >= 0.3 is 7.12 Å². The molecule has 0 aliphatic rings. The number of rotatable bonds is 5. The van der Waals surface area contributed by atoms with Crippen molar-refractivity contribution in [1.29, 1.82) is 0 Å². The molecule has 2 N–H and O–H groups in total. The van der Waals surface area contributed by atoms with Crippen LogP contribution >= 0.6 is 0 Å². The van der Waals surface area contributed by atoms with Crippen LogP contribution in [0.1, 0.15) is 30.9 Å². The highest BCUT2D eigenvalue weighted by Crippen LogP contribution is 2.26. The van der Waals surface area contributed by atoms with Crippen molar-refractivity contribution in [3.8, 4) is 5.75 Å². The fraction of sp³-hybridized carbons (Fsp3) is 0.250. The first kappa shape index (κ1) is 15.5. The smallest absolute Gasteiger partial charge is 0.489 e. The van der Waals surface area contributed by atoms with Gasteiger partial charge in [0, 0.05) is 5.46 Å². The molecule has 0 saturated carbocycles. The van der Waals surface area contributed by atoms with Crippen molar-refractivity contribution in [2.24, 2.45) is 0 Å². The van der Waals surface area contributed by atoms with Gasteiger partial charge in [0.15, 0.2) is 0 Å². The lowest BCUT2D eigenvalue weighted by Gasteiger charge is -2.14. The van der Waals surface area contributed by atoms with Crippen LogP contribution in [0.3, 0.4) is 0 Å². The van der Waals surface area contributed by atoms with Crippen LogP contribution in [0, 0.1) is 5.82 Å². The normalized spacial score (nSPS) is 10.8. The zero-order valence-electron chi connectivity index (χ0n) is 12.1. The molecule has 0 aliphatic heterocycles. The molecule has 2 aromatic carbocycles. The molecule has 0 aliphatic carbocycles. The lowest BCUT2D eigenvalue weighted by atomic mass is 9.79. The Labute approximate surface area is 124 Å². The summed E-state index contributed by atoms with van der Waals surface area (Å²) in [6.07, 6.45) is 0. The lowest BCUT2D eigenvalue weighted by Crippen LogP contribution is -2.33. The molecule has 0 aromatic heterocycles. The van der Waals surface area contributed by atoms with E-state index in [9.17, 15) is 4.39 Å². The third kappa shape index (κ3) is 3.83. The second-order valence-electron chi connectivity index (χ2n) is 5.21. The molecule has 0 heterocycles. The summed E-state index contributed by atoms with van der Waals surface area (Å²) in [5, 5.41) is 18.2. The van der Waals surface area contributed by atoms with Crippen LogP contribution in [-0.2, 0) is 6.61 Å². The SMILES string of the molecule is CC(C)c1ccccc1OCc1ccc(F)c(B(O)O)c1. The van der Waals surface area contributed by atoms with Crippen molar-refractivity contribution < 1.29 is 19.2 Å². The maximum absolute atomic E-state index is 13.4.